The summed E-state index contributed by atoms with van der Waals surface area (Å²) in [6, 6.07) is 13.0. The number of halogens is 1. The van der Waals surface area contributed by atoms with Crippen molar-refractivity contribution in [3.63, 3.8) is 0 Å². The van der Waals surface area contributed by atoms with Gasteiger partial charge in [-0.1, -0.05) is 23.6 Å². The van der Waals surface area contributed by atoms with Crippen LogP contribution in [0.1, 0.15) is 21.5 Å². The number of rotatable bonds is 1. The topological polar surface area (TPSA) is 17.1 Å². The standard InChI is InChI=1S/C16H11FO/c1-12-2-4-13(5-3-12)6-11-16(18)14-7-9-15(17)10-8-14/h2-5,7-10H,1H3. The third kappa shape index (κ3) is 3.05. The Morgan fingerprint density at radius 2 is 1.61 bits per heavy atom. The fraction of sp³-hybridized carbons (Fsp3) is 0.0625. The molecule has 0 unspecified atom stereocenters. The molecule has 0 saturated heterocycles. The minimum Gasteiger partial charge on any atom is -0.279 e. The highest BCUT2D eigenvalue weighted by Gasteiger charge is 2.01. The highest BCUT2D eigenvalue weighted by Crippen LogP contribution is 2.04. The molecule has 0 atom stereocenters. The van der Waals surface area contributed by atoms with Gasteiger partial charge < -0.3 is 0 Å². The molecule has 2 aromatic carbocycles. The summed E-state index contributed by atoms with van der Waals surface area (Å²) in [7, 11) is 0. The number of carbonyl (C=O) groups is 1. The largest absolute Gasteiger partial charge is 0.279 e. The molecular formula is C16H11FO. The molecule has 0 heterocycles. The second-order valence-corrected chi connectivity index (χ2v) is 3.95. The van der Waals surface area contributed by atoms with E-state index in [0.29, 0.717) is 5.56 Å². The van der Waals surface area contributed by atoms with Gasteiger partial charge in [-0.05, 0) is 49.2 Å². The summed E-state index contributed by atoms with van der Waals surface area (Å²) in [4.78, 5) is 11.7. The molecule has 0 N–H and O–H groups in total. The van der Waals surface area contributed by atoms with Gasteiger partial charge in [0.1, 0.15) is 5.82 Å². The number of hydrogen-bond acceptors (Lipinski definition) is 1. The van der Waals surface area contributed by atoms with E-state index >= 15 is 0 Å². The Kier molecular flexibility index (Phi) is 3.54. The van der Waals surface area contributed by atoms with E-state index in [-0.39, 0.29) is 11.6 Å². The van der Waals surface area contributed by atoms with Crippen molar-refractivity contribution in [2.75, 3.05) is 0 Å². The molecule has 0 spiro atoms. The Morgan fingerprint density at radius 3 is 2.22 bits per heavy atom. The Bertz CT molecular complexity index is 613. The highest BCUT2D eigenvalue weighted by molar-refractivity contribution is 6.09. The Hall–Kier alpha value is -2.40. The van der Waals surface area contributed by atoms with Crippen LogP contribution in [0.3, 0.4) is 0 Å². The van der Waals surface area contributed by atoms with Crippen molar-refractivity contribution in [2.45, 2.75) is 6.92 Å². The quantitative estimate of drug-likeness (QED) is 0.550. The monoisotopic (exact) mass is 238 g/mol. The summed E-state index contributed by atoms with van der Waals surface area (Å²) in [5.41, 5.74) is 2.33. The van der Waals surface area contributed by atoms with Gasteiger partial charge in [-0.3, -0.25) is 4.79 Å². The molecule has 0 radical (unpaired) electrons. The fourth-order valence-corrected chi connectivity index (χ4v) is 1.44. The van der Waals surface area contributed by atoms with Crippen LogP contribution in [0.5, 0.6) is 0 Å². The molecule has 18 heavy (non-hydrogen) atoms. The van der Waals surface area contributed by atoms with Crippen LogP contribution in [-0.2, 0) is 0 Å². The number of benzene rings is 2. The smallest absolute Gasteiger partial charge is 0.236 e. The van der Waals surface area contributed by atoms with Crippen LogP contribution in [0.4, 0.5) is 4.39 Å². The molecule has 0 aliphatic carbocycles. The predicted molar refractivity (Wildman–Crippen MR) is 68.8 cm³/mol. The predicted octanol–water partition coefficient (Wildman–Crippen LogP) is 3.37. The molecule has 0 saturated carbocycles. The van der Waals surface area contributed by atoms with E-state index in [0.717, 1.165) is 11.1 Å². The number of carbonyl (C=O) groups excluding carboxylic acids is 1. The van der Waals surface area contributed by atoms with Crippen LogP contribution >= 0.6 is 0 Å². The van der Waals surface area contributed by atoms with E-state index in [9.17, 15) is 9.18 Å². The minimum atomic E-state index is -0.363. The third-order valence-corrected chi connectivity index (χ3v) is 2.48. The molecule has 1 nitrogen and oxygen atoms in total. The van der Waals surface area contributed by atoms with Gasteiger partial charge in [-0.25, -0.2) is 4.39 Å². The Balaban J connectivity index is 2.17. The SMILES string of the molecule is Cc1ccc(C#CC(=O)c2ccc(F)cc2)cc1. The lowest BCUT2D eigenvalue weighted by Gasteiger charge is -1.93. The number of ketones is 1. The Labute approximate surface area is 105 Å². The first kappa shape index (κ1) is 12.1. The van der Waals surface area contributed by atoms with Crippen molar-refractivity contribution < 1.29 is 9.18 Å². The third-order valence-electron chi connectivity index (χ3n) is 2.48. The first-order valence-corrected chi connectivity index (χ1v) is 5.54. The van der Waals surface area contributed by atoms with E-state index in [1.54, 1.807) is 0 Å². The van der Waals surface area contributed by atoms with Crippen LogP contribution < -0.4 is 0 Å². The first-order chi connectivity index (χ1) is 8.65. The van der Waals surface area contributed by atoms with Crippen molar-refractivity contribution >= 4 is 5.78 Å². The van der Waals surface area contributed by atoms with Gasteiger partial charge in [0.15, 0.2) is 0 Å². The van der Waals surface area contributed by atoms with Crippen molar-refractivity contribution in [1.82, 2.24) is 0 Å². The van der Waals surface area contributed by atoms with E-state index in [4.69, 9.17) is 0 Å². The molecule has 88 valence electrons. The fourth-order valence-electron chi connectivity index (χ4n) is 1.44. The maximum atomic E-state index is 12.7. The molecule has 2 heteroatoms. The van der Waals surface area contributed by atoms with Gasteiger partial charge in [0.25, 0.3) is 0 Å². The molecule has 0 fully saturated rings. The second kappa shape index (κ2) is 5.29. The Morgan fingerprint density at radius 1 is 1.00 bits per heavy atom. The van der Waals surface area contributed by atoms with Gasteiger partial charge in [0.05, 0.1) is 0 Å². The molecule has 2 rings (SSSR count). The van der Waals surface area contributed by atoms with Crippen molar-refractivity contribution in [2.24, 2.45) is 0 Å². The molecule has 0 amide bonds. The van der Waals surface area contributed by atoms with Crippen LogP contribution in [0.15, 0.2) is 48.5 Å². The number of hydrogen-bond donors (Lipinski definition) is 0. The average molecular weight is 238 g/mol. The lowest BCUT2D eigenvalue weighted by atomic mass is 10.1. The lowest BCUT2D eigenvalue weighted by Crippen LogP contribution is -1.94. The normalized spacial score (nSPS) is 9.44. The van der Waals surface area contributed by atoms with Gasteiger partial charge in [-0.2, -0.15) is 0 Å². The van der Waals surface area contributed by atoms with E-state index in [2.05, 4.69) is 11.8 Å². The molecule has 0 aliphatic rings. The number of Topliss-reactive ketones (excluding diaryl/α,β-unsaturated/α-hetero) is 1. The highest BCUT2D eigenvalue weighted by atomic mass is 19.1. The average Bonchev–Trinajstić information content (AvgIpc) is 2.38. The number of aryl methyl sites for hydroxylation is 1. The van der Waals surface area contributed by atoms with Crippen LogP contribution in [0.25, 0.3) is 0 Å². The first-order valence-electron chi connectivity index (χ1n) is 5.54. The van der Waals surface area contributed by atoms with E-state index in [1.807, 2.05) is 31.2 Å². The summed E-state index contributed by atoms with van der Waals surface area (Å²) < 4.78 is 12.7. The summed E-state index contributed by atoms with van der Waals surface area (Å²) in [5.74, 6) is 4.66. The van der Waals surface area contributed by atoms with E-state index < -0.39 is 0 Å². The van der Waals surface area contributed by atoms with Crippen LogP contribution in [0, 0.1) is 24.6 Å². The summed E-state index contributed by atoms with van der Waals surface area (Å²) in [5, 5.41) is 0. The summed E-state index contributed by atoms with van der Waals surface area (Å²) >= 11 is 0. The maximum absolute atomic E-state index is 12.7. The molecule has 0 aromatic heterocycles. The van der Waals surface area contributed by atoms with Crippen molar-refractivity contribution in [1.29, 1.82) is 0 Å². The maximum Gasteiger partial charge on any atom is 0.236 e. The lowest BCUT2D eigenvalue weighted by molar-refractivity contribution is 0.105. The van der Waals surface area contributed by atoms with Gasteiger partial charge in [0, 0.05) is 11.1 Å². The molecular weight excluding hydrogens is 227 g/mol. The molecule has 2 aromatic rings. The zero-order valence-corrected chi connectivity index (χ0v) is 9.91. The van der Waals surface area contributed by atoms with E-state index in [1.165, 1.54) is 24.3 Å². The molecule has 0 bridgehead atoms. The van der Waals surface area contributed by atoms with Gasteiger partial charge >= 0.3 is 0 Å². The zero-order valence-electron chi connectivity index (χ0n) is 9.91. The summed E-state index contributed by atoms with van der Waals surface area (Å²) in [6.07, 6.45) is 0. The zero-order chi connectivity index (χ0) is 13.0. The van der Waals surface area contributed by atoms with Crippen molar-refractivity contribution in [3.05, 3.63) is 71.0 Å². The van der Waals surface area contributed by atoms with Gasteiger partial charge in [0.2, 0.25) is 5.78 Å². The minimum absolute atomic E-state index is 0.310. The summed E-state index contributed by atoms with van der Waals surface area (Å²) in [6.45, 7) is 1.99. The molecule has 0 aliphatic heterocycles. The second-order valence-electron chi connectivity index (χ2n) is 3.95. The van der Waals surface area contributed by atoms with Crippen LogP contribution in [0.2, 0.25) is 0 Å². The van der Waals surface area contributed by atoms with Crippen molar-refractivity contribution in [3.8, 4) is 11.8 Å². The van der Waals surface area contributed by atoms with Crippen LogP contribution in [-0.4, -0.2) is 5.78 Å². The van der Waals surface area contributed by atoms with Gasteiger partial charge in [-0.15, -0.1) is 0 Å².